The summed E-state index contributed by atoms with van der Waals surface area (Å²) in [4.78, 5) is 28.6. The first kappa shape index (κ1) is 15.6. The first-order valence-electron chi connectivity index (χ1n) is 8.11. The molecule has 0 spiro atoms. The van der Waals surface area contributed by atoms with Gasteiger partial charge in [-0.15, -0.1) is 0 Å². The average molecular weight is 313 g/mol. The zero-order chi connectivity index (χ0) is 16.6. The van der Waals surface area contributed by atoms with E-state index in [1.165, 1.54) is 0 Å². The molecule has 1 fully saturated rings. The van der Waals surface area contributed by atoms with Crippen LogP contribution in [0, 0.1) is 5.92 Å². The number of fused-ring (bicyclic) bond motifs is 1. The molecule has 23 heavy (non-hydrogen) atoms. The van der Waals surface area contributed by atoms with Gasteiger partial charge in [0.2, 0.25) is 5.91 Å². The summed E-state index contributed by atoms with van der Waals surface area (Å²) in [7, 11) is 1.96. The van der Waals surface area contributed by atoms with Crippen LogP contribution in [-0.4, -0.2) is 52.4 Å². The van der Waals surface area contributed by atoms with Gasteiger partial charge in [-0.25, -0.2) is 0 Å². The number of para-hydroxylation sites is 1. The summed E-state index contributed by atoms with van der Waals surface area (Å²) in [5.74, 6) is 0.232. The molecule has 5 nitrogen and oxygen atoms in total. The lowest BCUT2D eigenvalue weighted by Crippen LogP contribution is -2.51. The van der Waals surface area contributed by atoms with Crippen LogP contribution in [0.3, 0.4) is 0 Å². The van der Waals surface area contributed by atoms with E-state index in [9.17, 15) is 9.59 Å². The van der Waals surface area contributed by atoms with Crippen LogP contribution in [0.5, 0.6) is 0 Å². The van der Waals surface area contributed by atoms with E-state index in [2.05, 4.69) is 0 Å². The molecule has 1 aliphatic heterocycles. The van der Waals surface area contributed by atoms with Crippen molar-refractivity contribution in [1.29, 1.82) is 0 Å². The predicted molar refractivity (Wildman–Crippen MR) is 90.2 cm³/mol. The van der Waals surface area contributed by atoms with Gasteiger partial charge in [-0.2, -0.15) is 0 Å². The highest BCUT2D eigenvalue weighted by Gasteiger charge is 2.27. The highest BCUT2D eigenvalue weighted by molar-refractivity contribution is 6.07. The van der Waals surface area contributed by atoms with E-state index in [-0.39, 0.29) is 17.7 Å². The SMILES string of the molecule is CC(C)C(=O)N1CCN(C(=O)c2cn(C)c3ccccc23)CC1. The molecule has 0 aliphatic carbocycles. The minimum Gasteiger partial charge on any atom is -0.350 e. The molecule has 1 aromatic carbocycles. The zero-order valence-electron chi connectivity index (χ0n) is 14.0. The standard InChI is InChI=1S/C18H23N3O2/c1-13(2)17(22)20-8-10-21(11-9-20)18(23)15-12-19(3)16-7-5-4-6-14(15)16/h4-7,12-13H,8-11H2,1-3H3. The lowest BCUT2D eigenvalue weighted by Gasteiger charge is -2.35. The van der Waals surface area contributed by atoms with Gasteiger partial charge in [0, 0.05) is 56.2 Å². The van der Waals surface area contributed by atoms with Crippen LogP contribution in [0.1, 0.15) is 24.2 Å². The molecular weight excluding hydrogens is 290 g/mol. The third-order valence-corrected chi connectivity index (χ3v) is 4.50. The maximum absolute atomic E-state index is 12.8. The highest BCUT2D eigenvalue weighted by atomic mass is 16.2. The van der Waals surface area contributed by atoms with Gasteiger partial charge in [0.25, 0.3) is 5.91 Å². The Morgan fingerprint density at radius 1 is 1.00 bits per heavy atom. The lowest BCUT2D eigenvalue weighted by molar-refractivity contribution is -0.135. The normalized spacial score (nSPS) is 15.5. The summed E-state index contributed by atoms with van der Waals surface area (Å²) < 4.78 is 1.99. The molecule has 1 aromatic heterocycles. The molecule has 2 aromatic rings. The molecule has 1 aliphatic rings. The number of rotatable bonds is 2. The summed E-state index contributed by atoms with van der Waals surface area (Å²) in [6.07, 6.45) is 1.90. The van der Waals surface area contributed by atoms with E-state index in [0.717, 1.165) is 16.5 Å². The van der Waals surface area contributed by atoms with E-state index in [1.807, 2.05) is 65.7 Å². The topological polar surface area (TPSA) is 45.6 Å². The summed E-state index contributed by atoms with van der Waals surface area (Å²) in [5.41, 5.74) is 1.80. The molecule has 0 saturated carbocycles. The molecule has 0 atom stereocenters. The van der Waals surface area contributed by atoms with Gasteiger partial charge < -0.3 is 14.4 Å². The monoisotopic (exact) mass is 313 g/mol. The Morgan fingerprint density at radius 3 is 2.26 bits per heavy atom. The van der Waals surface area contributed by atoms with Crippen molar-refractivity contribution >= 4 is 22.7 Å². The van der Waals surface area contributed by atoms with Crippen LogP contribution in [0.4, 0.5) is 0 Å². The van der Waals surface area contributed by atoms with Crippen molar-refractivity contribution < 1.29 is 9.59 Å². The number of nitrogens with zero attached hydrogens (tertiary/aromatic N) is 3. The fourth-order valence-electron chi connectivity index (χ4n) is 3.18. The minimum atomic E-state index is 0.00955. The number of aryl methyl sites for hydroxylation is 1. The number of amides is 2. The molecule has 3 rings (SSSR count). The highest BCUT2D eigenvalue weighted by Crippen LogP contribution is 2.22. The van der Waals surface area contributed by atoms with Gasteiger partial charge in [0.1, 0.15) is 0 Å². The van der Waals surface area contributed by atoms with Crippen molar-refractivity contribution in [3.63, 3.8) is 0 Å². The van der Waals surface area contributed by atoms with Crippen LogP contribution in [0.25, 0.3) is 10.9 Å². The number of benzene rings is 1. The van der Waals surface area contributed by atoms with Crippen molar-refractivity contribution in [2.45, 2.75) is 13.8 Å². The van der Waals surface area contributed by atoms with Gasteiger partial charge >= 0.3 is 0 Å². The van der Waals surface area contributed by atoms with E-state index >= 15 is 0 Å². The summed E-state index contributed by atoms with van der Waals surface area (Å²) in [6.45, 7) is 6.26. The molecular formula is C18H23N3O2. The van der Waals surface area contributed by atoms with Gasteiger partial charge in [0.15, 0.2) is 0 Å². The molecule has 1 saturated heterocycles. The molecule has 5 heteroatoms. The molecule has 0 N–H and O–H groups in total. The number of carbonyl (C=O) groups is 2. The third kappa shape index (κ3) is 2.83. The Hall–Kier alpha value is -2.30. The van der Waals surface area contributed by atoms with Crippen LogP contribution in [-0.2, 0) is 11.8 Å². The first-order valence-corrected chi connectivity index (χ1v) is 8.11. The van der Waals surface area contributed by atoms with Crippen molar-refractivity contribution in [3.05, 3.63) is 36.0 Å². The largest absolute Gasteiger partial charge is 0.350 e. The van der Waals surface area contributed by atoms with E-state index in [1.54, 1.807) is 0 Å². The van der Waals surface area contributed by atoms with Gasteiger partial charge in [-0.1, -0.05) is 32.0 Å². The summed E-state index contributed by atoms with van der Waals surface area (Å²) in [5, 5.41) is 0.987. The average Bonchev–Trinajstić information content (AvgIpc) is 2.91. The maximum atomic E-state index is 12.8. The number of aromatic nitrogens is 1. The molecule has 122 valence electrons. The van der Waals surface area contributed by atoms with Gasteiger partial charge in [0.05, 0.1) is 5.56 Å². The van der Waals surface area contributed by atoms with Crippen LogP contribution in [0.2, 0.25) is 0 Å². The second-order valence-corrected chi connectivity index (χ2v) is 6.44. The predicted octanol–water partition coefficient (Wildman–Crippen LogP) is 2.12. The van der Waals surface area contributed by atoms with Crippen LogP contribution in [0.15, 0.2) is 30.5 Å². The lowest BCUT2D eigenvalue weighted by atomic mass is 10.1. The van der Waals surface area contributed by atoms with Gasteiger partial charge in [-0.3, -0.25) is 9.59 Å². The summed E-state index contributed by atoms with van der Waals surface area (Å²) >= 11 is 0. The summed E-state index contributed by atoms with van der Waals surface area (Å²) in [6, 6.07) is 7.94. The maximum Gasteiger partial charge on any atom is 0.256 e. The molecule has 0 unspecified atom stereocenters. The fraction of sp³-hybridized carbons (Fsp3) is 0.444. The van der Waals surface area contributed by atoms with Gasteiger partial charge in [-0.05, 0) is 6.07 Å². The number of piperazine rings is 1. The van der Waals surface area contributed by atoms with Crippen LogP contribution < -0.4 is 0 Å². The molecule has 0 bridgehead atoms. The van der Waals surface area contributed by atoms with Crippen molar-refractivity contribution in [2.24, 2.45) is 13.0 Å². The Morgan fingerprint density at radius 2 is 1.61 bits per heavy atom. The zero-order valence-corrected chi connectivity index (χ0v) is 14.0. The first-order chi connectivity index (χ1) is 11.0. The second-order valence-electron chi connectivity index (χ2n) is 6.44. The molecule has 2 amide bonds. The van der Waals surface area contributed by atoms with E-state index in [0.29, 0.717) is 26.2 Å². The van der Waals surface area contributed by atoms with E-state index < -0.39 is 0 Å². The Bertz CT molecular complexity index is 740. The number of hydrogen-bond donors (Lipinski definition) is 0. The third-order valence-electron chi connectivity index (χ3n) is 4.50. The molecule has 2 heterocycles. The van der Waals surface area contributed by atoms with Crippen LogP contribution >= 0.6 is 0 Å². The van der Waals surface area contributed by atoms with E-state index in [4.69, 9.17) is 0 Å². The quantitative estimate of drug-likeness (QED) is 0.852. The van der Waals surface area contributed by atoms with Crippen molar-refractivity contribution in [2.75, 3.05) is 26.2 Å². The Labute approximate surface area is 136 Å². The minimum absolute atomic E-state index is 0.00955. The molecule has 0 radical (unpaired) electrons. The number of hydrogen-bond acceptors (Lipinski definition) is 2. The number of carbonyl (C=O) groups excluding carboxylic acids is 2. The fourth-order valence-corrected chi connectivity index (χ4v) is 3.18. The van der Waals surface area contributed by atoms with Crippen molar-refractivity contribution in [1.82, 2.24) is 14.4 Å². The Balaban J connectivity index is 1.76. The Kier molecular flexibility index (Phi) is 4.11. The van der Waals surface area contributed by atoms with Crippen molar-refractivity contribution in [3.8, 4) is 0 Å². The second kappa shape index (κ2) is 6.07. The smallest absolute Gasteiger partial charge is 0.256 e.